The van der Waals surface area contributed by atoms with Crippen molar-refractivity contribution in [2.45, 2.75) is 50.4 Å². The molecule has 2 unspecified atom stereocenters. The van der Waals surface area contributed by atoms with Crippen LogP contribution in [0.1, 0.15) is 18.7 Å². The molecule has 41 heavy (non-hydrogen) atoms. The monoisotopic (exact) mass is 594 g/mol. The Balaban J connectivity index is 1.49. The van der Waals surface area contributed by atoms with Gasteiger partial charge in [0.25, 0.3) is 0 Å². The lowest BCUT2D eigenvalue weighted by molar-refractivity contribution is -0.218. The zero-order valence-electron chi connectivity index (χ0n) is 21.8. The molecule has 3 aromatic rings. The maximum absolute atomic E-state index is 14.8. The van der Waals surface area contributed by atoms with Crippen LogP contribution < -0.4 is 21.0 Å². The standard InChI is InChI=1S/C26H29F2N4O8P/c1-16(25(34)37-14-17-8-4-2-5-9-17)31-41(36,40-18-10-6-3-7-11-18)38-15-19-23(33)21(27)22(28)24(39-19)32-13-12-20(29)30-26(32)35/h2-13,16,19,21-24,33H,14-15H2,1H3,(H,31,36)(H2,29,30,35)/t16-,19+,21+,22?,23-,24+,41?/m0/s1. The maximum Gasteiger partial charge on any atom is 0.459 e. The Morgan fingerprint density at radius 2 is 1.80 bits per heavy atom. The predicted molar refractivity (Wildman–Crippen MR) is 142 cm³/mol. The average Bonchev–Trinajstić information content (AvgIpc) is 2.96. The highest BCUT2D eigenvalue weighted by atomic mass is 31.2. The molecule has 220 valence electrons. The van der Waals surface area contributed by atoms with Gasteiger partial charge in [0.1, 0.15) is 36.4 Å². The summed E-state index contributed by atoms with van der Waals surface area (Å²) < 4.78 is 65.7. The van der Waals surface area contributed by atoms with Gasteiger partial charge >= 0.3 is 19.4 Å². The Labute approximate surface area is 233 Å². The number of nitrogens with zero attached hydrogens (tertiary/aromatic N) is 2. The number of nitrogens with one attached hydrogen (secondary N) is 1. The van der Waals surface area contributed by atoms with Crippen molar-refractivity contribution in [2.75, 3.05) is 12.3 Å². The van der Waals surface area contributed by atoms with E-state index in [9.17, 15) is 28.0 Å². The molecule has 15 heteroatoms. The third-order valence-electron chi connectivity index (χ3n) is 6.03. The van der Waals surface area contributed by atoms with Crippen molar-refractivity contribution in [3.63, 3.8) is 0 Å². The number of aliphatic hydroxyl groups is 1. The van der Waals surface area contributed by atoms with E-state index in [1.807, 2.05) is 6.07 Å². The fourth-order valence-electron chi connectivity index (χ4n) is 3.89. The lowest BCUT2D eigenvalue weighted by atomic mass is 10.0. The number of carbonyl (C=O) groups is 1. The molecule has 0 amide bonds. The fourth-order valence-corrected chi connectivity index (χ4v) is 5.39. The van der Waals surface area contributed by atoms with E-state index in [1.54, 1.807) is 42.5 Å². The van der Waals surface area contributed by atoms with E-state index in [4.69, 9.17) is 24.3 Å². The van der Waals surface area contributed by atoms with E-state index >= 15 is 0 Å². The highest BCUT2D eigenvalue weighted by Gasteiger charge is 2.48. The van der Waals surface area contributed by atoms with Gasteiger partial charge in [-0.25, -0.2) is 18.1 Å². The minimum absolute atomic E-state index is 0.0401. The summed E-state index contributed by atoms with van der Waals surface area (Å²) in [5, 5.41) is 12.8. The number of hydrogen-bond acceptors (Lipinski definition) is 10. The van der Waals surface area contributed by atoms with E-state index in [-0.39, 0.29) is 18.2 Å². The Bertz CT molecular complexity index is 1420. The van der Waals surface area contributed by atoms with E-state index in [2.05, 4.69) is 10.1 Å². The number of halogens is 2. The van der Waals surface area contributed by atoms with Gasteiger partial charge in [-0.2, -0.15) is 10.1 Å². The molecular weight excluding hydrogens is 565 g/mol. The Morgan fingerprint density at radius 1 is 1.15 bits per heavy atom. The van der Waals surface area contributed by atoms with Gasteiger partial charge in [0, 0.05) is 6.20 Å². The minimum atomic E-state index is -4.44. The summed E-state index contributed by atoms with van der Waals surface area (Å²) in [5.74, 6) is -0.818. The highest BCUT2D eigenvalue weighted by molar-refractivity contribution is 7.52. The normalized spacial score (nSPS) is 24.6. The Kier molecular flexibility index (Phi) is 9.84. The van der Waals surface area contributed by atoms with Gasteiger partial charge in [-0.15, -0.1) is 0 Å². The first kappa shape index (κ1) is 30.3. The third kappa shape index (κ3) is 7.75. The average molecular weight is 595 g/mol. The number of nitrogen functional groups attached to an aromatic ring is 1. The van der Waals surface area contributed by atoms with Gasteiger partial charge in [-0.1, -0.05) is 48.5 Å². The van der Waals surface area contributed by atoms with E-state index < -0.39 is 62.8 Å². The van der Waals surface area contributed by atoms with Crippen molar-refractivity contribution in [2.24, 2.45) is 0 Å². The van der Waals surface area contributed by atoms with E-state index in [1.165, 1.54) is 25.1 Å². The summed E-state index contributed by atoms with van der Waals surface area (Å²) in [6.07, 6.45) is -9.39. The first-order valence-electron chi connectivity index (χ1n) is 12.5. The molecule has 4 rings (SSSR count). The van der Waals surface area contributed by atoms with E-state index in [0.717, 1.165) is 11.8 Å². The van der Waals surface area contributed by atoms with Crippen LogP contribution in [0.2, 0.25) is 0 Å². The number of anilines is 1. The molecule has 1 saturated heterocycles. The summed E-state index contributed by atoms with van der Waals surface area (Å²) in [7, 11) is -4.44. The van der Waals surface area contributed by atoms with Crippen molar-refractivity contribution in [1.82, 2.24) is 14.6 Å². The number of para-hydroxylation sites is 1. The summed E-state index contributed by atoms with van der Waals surface area (Å²) >= 11 is 0. The summed E-state index contributed by atoms with van der Waals surface area (Å²) in [6, 6.07) is 16.7. The first-order valence-corrected chi connectivity index (χ1v) is 14.0. The van der Waals surface area contributed by atoms with Crippen LogP contribution in [0.5, 0.6) is 5.75 Å². The lowest BCUT2D eigenvalue weighted by Gasteiger charge is -2.39. The van der Waals surface area contributed by atoms with Crippen molar-refractivity contribution in [1.29, 1.82) is 0 Å². The number of hydrogen-bond donors (Lipinski definition) is 3. The number of ether oxygens (including phenoxy) is 2. The maximum atomic E-state index is 14.8. The van der Waals surface area contributed by atoms with Crippen LogP contribution in [0.15, 0.2) is 77.7 Å². The number of aromatic nitrogens is 2. The number of nitrogens with two attached hydrogens (primary N) is 1. The largest absolute Gasteiger partial charge is 0.460 e. The summed E-state index contributed by atoms with van der Waals surface area (Å²) in [6.45, 7) is 0.540. The van der Waals surface area contributed by atoms with Gasteiger partial charge < -0.3 is 24.8 Å². The quantitative estimate of drug-likeness (QED) is 0.221. The van der Waals surface area contributed by atoms with Crippen LogP contribution in [-0.4, -0.2) is 57.8 Å². The number of carbonyl (C=O) groups excluding carboxylic acids is 1. The van der Waals surface area contributed by atoms with Crippen molar-refractivity contribution in [3.05, 3.63) is 89.0 Å². The van der Waals surface area contributed by atoms with Gasteiger partial charge in [-0.3, -0.25) is 13.9 Å². The summed E-state index contributed by atoms with van der Waals surface area (Å²) in [5.41, 5.74) is 5.18. The Hall–Kier alpha value is -3.68. The highest BCUT2D eigenvalue weighted by Crippen LogP contribution is 2.46. The van der Waals surface area contributed by atoms with Crippen LogP contribution >= 0.6 is 7.75 Å². The number of esters is 1. The molecule has 4 N–H and O–H groups in total. The van der Waals surface area contributed by atoms with Gasteiger partial charge in [0.05, 0.1) is 6.61 Å². The molecule has 1 aliphatic rings. The molecule has 12 nitrogen and oxygen atoms in total. The molecule has 0 radical (unpaired) electrons. The molecule has 0 spiro atoms. The van der Waals surface area contributed by atoms with Crippen LogP contribution in [0.3, 0.4) is 0 Å². The molecule has 0 aliphatic carbocycles. The summed E-state index contributed by atoms with van der Waals surface area (Å²) in [4.78, 5) is 28.3. The van der Waals surface area contributed by atoms with Crippen LogP contribution in [0.25, 0.3) is 0 Å². The zero-order valence-corrected chi connectivity index (χ0v) is 22.7. The molecule has 7 atom stereocenters. The number of alkyl halides is 2. The second-order valence-electron chi connectivity index (χ2n) is 9.13. The molecule has 1 aliphatic heterocycles. The van der Waals surface area contributed by atoms with E-state index in [0.29, 0.717) is 4.57 Å². The Morgan fingerprint density at radius 3 is 2.46 bits per heavy atom. The number of rotatable bonds is 11. The zero-order chi connectivity index (χ0) is 29.6. The second kappa shape index (κ2) is 13.3. The topological polar surface area (TPSA) is 164 Å². The third-order valence-corrected chi connectivity index (χ3v) is 7.67. The minimum Gasteiger partial charge on any atom is -0.460 e. The van der Waals surface area contributed by atoms with Crippen molar-refractivity contribution < 1.29 is 41.8 Å². The van der Waals surface area contributed by atoms with Gasteiger partial charge in [-0.05, 0) is 30.7 Å². The smallest absolute Gasteiger partial charge is 0.459 e. The first-order chi connectivity index (χ1) is 19.6. The predicted octanol–water partition coefficient (Wildman–Crippen LogP) is 2.69. The SMILES string of the molecule is C[C@H](NP(=O)(OC[C@H]1O[C@@H](n2ccc(N)nc2=O)C(F)[C@@H](F)[C@H]1O)Oc1ccccc1)C(=O)OCc1ccccc1. The lowest BCUT2D eigenvalue weighted by Crippen LogP contribution is -2.55. The van der Waals surface area contributed by atoms with Crippen molar-refractivity contribution in [3.8, 4) is 5.75 Å². The van der Waals surface area contributed by atoms with Crippen LogP contribution in [0, 0.1) is 0 Å². The molecule has 0 saturated carbocycles. The van der Waals surface area contributed by atoms with Crippen LogP contribution in [0.4, 0.5) is 14.6 Å². The molecule has 2 aromatic carbocycles. The molecule has 2 heterocycles. The molecule has 1 fully saturated rings. The number of aliphatic hydroxyl groups excluding tert-OH is 1. The van der Waals surface area contributed by atoms with Crippen LogP contribution in [-0.2, 0) is 30.0 Å². The molecular formula is C26H29F2N4O8P. The number of benzene rings is 2. The van der Waals surface area contributed by atoms with Crippen molar-refractivity contribution >= 4 is 19.5 Å². The second-order valence-corrected chi connectivity index (χ2v) is 10.8. The molecule has 1 aromatic heterocycles. The molecule has 0 bridgehead atoms. The fraction of sp³-hybridized carbons (Fsp3) is 0.346. The van der Waals surface area contributed by atoms with Gasteiger partial charge in [0.15, 0.2) is 18.6 Å². The van der Waals surface area contributed by atoms with Gasteiger partial charge in [0.2, 0.25) is 0 Å².